The fourth-order valence-electron chi connectivity index (χ4n) is 1.46. The minimum absolute atomic E-state index is 0.0903. The molecule has 0 amide bonds. The molecule has 0 saturated carbocycles. The first-order valence-corrected chi connectivity index (χ1v) is 5.54. The summed E-state index contributed by atoms with van der Waals surface area (Å²) in [5.41, 5.74) is 6.80. The van der Waals surface area contributed by atoms with Gasteiger partial charge in [-0.3, -0.25) is 0 Å². The molecule has 0 aliphatic heterocycles. The Morgan fingerprint density at radius 3 is 2.64 bits per heavy atom. The van der Waals surface area contributed by atoms with E-state index in [-0.39, 0.29) is 11.8 Å². The van der Waals surface area contributed by atoms with Gasteiger partial charge in [0, 0.05) is 16.1 Å². The van der Waals surface area contributed by atoms with Crippen LogP contribution in [0.1, 0.15) is 31.9 Å². The van der Waals surface area contributed by atoms with Gasteiger partial charge in [-0.05, 0) is 30.5 Å². The minimum atomic E-state index is -0.0903. The number of hydrogen-bond donors (Lipinski definition) is 2. The fraction of sp³-hybridized carbons (Fsp3) is 0.455. The first-order chi connectivity index (χ1) is 6.50. The molecule has 0 aromatic heterocycles. The van der Waals surface area contributed by atoms with Gasteiger partial charge in [-0.15, -0.1) is 0 Å². The molecular weight excluding hydrogens is 242 g/mol. The van der Waals surface area contributed by atoms with Crippen LogP contribution in [0.3, 0.4) is 0 Å². The summed E-state index contributed by atoms with van der Waals surface area (Å²) in [5, 5.41) is 9.62. The maximum absolute atomic E-state index is 9.62. The molecule has 3 heteroatoms. The highest BCUT2D eigenvalue weighted by atomic mass is 79.9. The van der Waals surface area contributed by atoms with Gasteiger partial charge < -0.3 is 10.8 Å². The highest BCUT2D eigenvalue weighted by molar-refractivity contribution is 9.10. The molecule has 0 saturated heterocycles. The highest BCUT2D eigenvalue weighted by Crippen LogP contribution is 2.29. The molecule has 0 aliphatic rings. The van der Waals surface area contributed by atoms with E-state index in [0.717, 1.165) is 16.5 Å². The zero-order chi connectivity index (χ0) is 10.7. The van der Waals surface area contributed by atoms with Crippen molar-refractivity contribution in [2.45, 2.75) is 26.3 Å². The van der Waals surface area contributed by atoms with Crippen molar-refractivity contribution >= 4 is 15.9 Å². The largest absolute Gasteiger partial charge is 0.508 e. The average Bonchev–Trinajstić information content (AvgIpc) is 2.08. The maximum Gasteiger partial charge on any atom is 0.120 e. The third-order valence-corrected chi connectivity index (χ3v) is 2.61. The lowest BCUT2D eigenvalue weighted by atomic mass is 9.97. The Morgan fingerprint density at radius 2 is 2.07 bits per heavy atom. The summed E-state index contributed by atoms with van der Waals surface area (Å²) < 4.78 is 0.949. The Morgan fingerprint density at radius 1 is 1.43 bits per heavy atom. The monoisotopic (exact) mass is 257 g/mol. The second-order valence-corrected chi connectivity index (χ2v) is 4.85. The van der Waals surface area contributed by atoms with E-state index < -0.39 is 0 Å². The number of nitrogens with two attached hydrogens (primary N) is 1. The van der Waals surface area contributed by atoms with E-state index in [1.165, 1.54) is 0 Å². The van der Waals surface area contributed by atoms with Crippen LogP contribution in [0.5, 0.6) is 5.75 Å². The van der Waals surface area contributed by atoms with Crippen molar-refractivity contribution in [3.63, 3.8) is 0 Å². The number of halogens is 1. The zero-order valence-electron chi connectivity index (χ0n) is 8.50. The highest BCUT2D eigenvalue weighted by Gasteiger charge is 2.12. The summed E-state index contributed by atoms with van der Waals surface area (Å²) in [7, 11) is 0. The van der Waals surface area contributed by atoms with Crippen molar-refractivity contribution in [1.29, 1.82) is 0 Å². The summed E-state index contributed by atoms with van der Waals surface area (Å²) in [4.78, 5) is 0. The number of phenolic OH excluding ortho intramolecular Hbond substituents is 1. The molecule has 1 rings (SSSR count). The number of hydrogen-bond acceptors (Lipinski definition) is 2. The Bertz CT molecular complexity index is 312. The van der Waals surface area contributed by atoms with E-state index in [1.807, 2.05) is 6.07 Å². The molecule has 0 spiro atoms. The van der Waals surface area contributed by atoms with Gasteiger partial charge in [0.2, 0.25) is 0 Å². The zero-order valence-corrected chi connectivity index (χ0v) is 10.1. The van der Waals surface area contributed by atoms with Crippen molar-refractivity contribution < 1.29 is 5.11 Å². The maximum atomic E-state index is 9.62. The van der Waals surface area contributed by atoms with Crippen LogP contribution in [0, 0.1) is 5.92 Å². The molecule has 2 nitrogen and oxygen atoms in total. The molecule has 3 N–H and O–H groups in total. The Kier molecular flexibility index (Phi) is 3.96. The number of rotatable bonds is 3. The van der Waals surface area contributed by atoms with Crippen LogP contribution < -0.4 is 5.73 Å². The van der Waals surface area contributed by atoms with Crippen molar-refractivity contribution in [3.05, 3.63) is 28.2 Å². The van der Waals surface area contributed by atoms with Crippen LogP contribution >= 0.6 is 15.9 Å². The molecule has 0 bridgehead atoms. The Balaban J connectivity index is 2.88. The quantitative estimate of drug-likeness (QED) is 0.874. The minimum Gasteiger partial charge on any atom is -0.508 e. The Hall–Kier alpha value is -0.540. The van der Waals surface area contributed by atoms with Crippen LogP contribution in [0.4, 0.5) is 0 Å². The molecule has 0 heterocycles. The predicted octanol–water partition coefficient (Wildman–Crippen LogP) is 3.20. The van der Waals surface area contributed by atoms with Gasteiger partial charge in [-0.25, -0.2) is 0 Å². The topological polar surface area (TPSA) is 46.2 Å². The van der Waals surface area contributed by atoms with Crippen LogP contribution in [-0.4, -0.2) is 5.11 Å². The second-order valence-electron chi connectivity index (χ2n) is 3.94. The first-order valence-electron chi connectivity index (χ1n) is 4.74. The summed E-state index contributed by atoms with van der Waals surface area (Å²) in [5.74, 6) is 0.810. The Labute approximate surface area is 93.3 Å². The predicted molar refractivity (Wildman–Crippen MR) is 62.2 cm³/mol. The lowest BCUT2D eigenvalue weighted by Gasteiger charge is -2.15. The molecule has 1 aromatic rings. The van der Waals surface area contributed by atoms with E-state index in [1.54, 1.807) is 12.1 Å². The van der Waals surface area contributed by atoms with Crippen LogP contribution in [0.25, 0.3) is 0 Å². The van der Waals surface area contributed by atoms with E-state index in [2.05, 4.69) is 29.8 Å². The van der Waals surface area contributed by atoms with Crippen molar-refractivity contribution in [2.24, 2.45) is 11.7 Å². The van der Waals surface area contributed by atoms with E-state index in [4.69, 9.17) is 5.73 Å². The van der Waals surface area contributed by atoms with Crippen molar-refractivity contribution in [1.82, 2.24) is 0 Å². The fourth-order valence-corrected chi connectivity index (χ4v) is 1.84. The molecule has 0 radical (unpaired) electrons. The second kappa shape index (κ2) is 4.80. The number of phenols is 1. The third kappa shape index (κ3) is 3.00. The van der Waals surface area contributed by atoms with Gasteiger partial charge in [0.05, 0.1) is 0 Å². The van der Waals surface area contributed by atoms with E-state index in [0.29, 0.717) is 5.92 Å². The van der Waals surface area contributed by atoms with Gasteiger partial charge in [-0.1, -0.05) is 29.8 Å². The average molecular weight is 258 g/mol. The molecule has 1 atom stereocenters. The summed E-state index contributed by atoms with van der Waals surface area (Å²) in [6, 6.07) is 5.26. The summed E-state index contributed by atoms with van der Waals surface area (Å²) >= 11 is 3.36. The molecule has 0 fully saturated rings. The van der Waals surface area contributed by atoms with Gasteiger partial charge in [-0.2, -0.15) is 0 Å². The lowest BCUT2D eigenvalue weighted by molar-refractivity contribution is 0.445. The van der Waals surface area contributed by atoms with E-state index in [9.17, 15) is 5.11 Å². The van der Waals surface area contributed by atoms with Crippen LogP contribution in [0.15, 0.2) is 22.7 Å². The van der Waals surface area contributed by atoms with Gasteiger partial charge in [0.1, 0.15) is 5.75 Å². The van der Waals surface area contributed by atoms with E-state index >= 15 is 0 Å². The van der Waals surface area contributed by atoms with Crippen LogP contribution in [0.2, 0.25) is 0 Å². The third-order valence-electron chi connectivity index (χ3n) is 2.11. The van der Waals surface area contributed by atoms with Crippen LogP contribution in [-0.2, 0) is 0 Å². The molecule has 14 heavy (non-hydrogen) atoms. The number of benzene rings is 1. The first kappa shape index (κ1) is 11.5. The van der Waals surface area contributed by atoms with Gasteiger partial charge in [0.15, 0.2) is 0 Å². The molecule has 0 unspecified atom stereocenters. The molecule has 1 aromatic carbocycles. The molecule has 78 valence electrons. The molecular formula is C11H16BrNO. The smallest absolute Gasteiger partial charge is 0.120 e. The van der Waals surface area contributed by atoms with Gasteiger partial charge >= 0.3 is 0 Å². The summed E-state index contributed by atoms with van der Waals surface area (Å²) in [6.07, 6.45) is 0.879. The SMILES string of the molecule is CC(C)C[C@H](N)c1cc(Br)ccc1O. The standard InChI is InChI=1S/C11H16BrNO/c1-7(2)5-10(13)9-6-8(12)3-4-11(9)14/h3-4,6-7,10,14H,5,13H2,1-2H3/t10-/m0/s1. The summed E-state index contributed by atoms with van der Waals surface area (Å²) in [6.45, 7) is 4.24. The van der Waals surface area contributed by atoms with Crippen molar-refractivity contribution in [3.8, 4) is 5.75 Å². The van der Waals surface area contributed by atoms with Crippen molar-refractivity contribution in [2.75, 3.05) is 0 Å². The molecule has 0 aliphatic carbocycles. The van der Waals surface area contributed by atoms with Gasteiger partial charge in [0.25, 0.3) is 0 Å². The normalized spacial score (nSPS) is 13.2. The number of aromatic hydroxyl groups is 1. The lowest BCUT2D eigenvalue weighted by Crippen LogP contribution is -2.13.